The summed E-state index contributed by atoms with van der Waals surface area (Å²) in [6, 6.07) is 1.10. The lowest BCUT2D eigenvalue weighted by atomic mass is 10.3. The number of hydrogen-bond donors (Lipinski definition) is 0. The molecule has 0 amide bonds. The van der Waals surface area contributed by atoms with Crippen LogP contribution in [-0.2, 0) is 0 Å². The average Bonchev–Trinajstić information content (AvgIpc) is 2.33. The number of hydrogen-bond acceptors (Lipinski definition) is 0. The molecule has 2 rings (SSSR count). The number of benzene rings is 2. The molecule has 0 nitrogen and oxygen atoms in total. The van der Waals surface area contributed by atoms with Crippen molar-refractivity contribution in [2.45, 2.75) is 0 Å². The molecule has 0 aliphatic heterocycles. The largest absolute Gasteiger partial charge is 0.207 e. The van der Waals surface area contributed by atoms with Gasteiger partial charge in [0.25, 0.3) is 0 Å². The molecule has 0 heterocycles. The van der Waals surface area contributed by atoms with Crippen molar-refractivity contribution in [2.24, 2.45) is 0 Å². The van der Waals surface area contributed by atoms with Crippen LogP contribution in [0, 0.1) is 46.5 Å². The Morgan fingerprint density at radius 1 is 0.400 bits per heavy atom. The lowest BCUT2D eigenvalue weighted by molar-refractivity contribution is 0.434. The molecule has 0 fully saturated rings. The molecule has 0 saturated carbocycles. The summed E-state index contributed by atoms with van der Waals surface area (Å²) in [5, 5.41) is 0. The van der Waals surface area contributed by atoms with Crippen LogP contribution in [0.2, 0.25) is 0 Å². The van der Waals surface area contributed by atoms with Crippen LogP contribution >= 0.6 is 0 Å². The third-order valence-electron chi connectivity index (χ3n) is 1.90. The first kappa shape index (κ1) is 15.9. The van der Waals surface area contributed by atoms with E-state index in [9.17, 15) is 35.1 Å². The van der Waals surface area contributed by atoms with Crippen molar-refractivity contribution < 1.29 is 35.1 Å². The summed E-state index contributed by atoms with van der Waals surface area (Å²) in [6.45, 7) is 0. The average molecular weight is 300 g/mol. The SMILES string of the molecule is Fc1cc(F)c(F)c(F)c1.Fc1cc(F)c(F)c(F)c1. The van der Waals surface area contributed by atoms with Crippen molar-refractivity contribution in [3.05, 3.63) is 70.8 Å². The molecule has 0 radical (unpaired) electrons. The highest BCUT2D eigenvalue weighted by atomic mass is 19.2. The molecule has 0 N–H and O–H groups in total. The van der Waals surface area contributed by atoms with Gasteiger partial charge in [-0.15, -0.1) is 0 Å². The lowest BCUT2D eigenvalue weighted by Crippen LogP contribution is -1.91. The van der Waals surface area contributed by atoms with Crippen LogP contribution in [0.15, 0.2) is 24.3 Å². The molecule has 0 aliphatic rings. The van der Waals surface area contributed by atoms with E-state index in [4.69, 9.17) is 0 Å². The Balaban J connectivity index is 0.000000200. The van der Waals surface area contributed by atoms with E-state index in [1.165, 1.54) is 0 Å². The standard InChI is InChI=1S/2C6H2F4/c2*7-3-1-4(8)6(10)5(9)2-3/h2*1-2H. The maximum atomic E-state index is 12.0. The van der Waals surface area contributed by atoms with Crippen molar-refractivity contribution in [3.8, 4) is 0 Å². The molecule has 0 bridgehead atoms. The van der Waals surface area contributed by atoms with E-state index in [0.29, 0.717) is 0 Å². The molecule has 0 atom stereocenters. The molecule has 0 spiro atoms. The Kier molecular flexibility index (Phi) is 5.06. The predicted octanol–water partition coefficient (Wildman–Crippen LogP) is 4.49. The first-order chi connectivity index (χ1) is 9.22. The van der Waals surface area contributed by atoms with Crippen LogP contribution in [0.4, 0.5) is 35.1 Å². The molecule has 0 saturated heterocycles. The monoisotopic (exact) mass is 300 g/mol. The first-order valence-electron chi connectivity index (χ1n) is 4.82. The minimum Gasteiger partial charge on any atom is -0.207 e. The summed E-state index contributed by atoms with van der Waals surface area (Å²) in [7, 11) is 0. The number of halogens is 8. The van der Waals surface area contributed by atoms with Crippen molar-refractivity contribution in [2.75, 3.05) is 0 Å². The van der Waals surface area contributed by atoms with E-state index in [0.717, 1.165) is 0 Å². The highest BCUT2D eigenvalue weighted by molar-refractivity contribution is 5.10. The topological polar surface area (TPSA) is 0 Å². The normalized spacial score (nSPS) is 10.0. The Bertz CT molecular complexity index is 521. The van der Waals surface area contributed by atoms with E-state index in [1.54, 1.807) is 0 Å². The summed E-state index contributed by atoms with van der Waals surface area (Å²) >= 11 is 0. The Hall–Kier alpha value is -2.12. The van der Waals surface area contributed by atoms with Gasteiger partial charge in [0.05, 0.1) is 0 Å². The molecule has 0 aromatic heterocycles. The quantitative estimate of drug-likeness (QED) is 0.382. The molecule has 20 heavy (non-hydrogen) atoms. The Labute approximate surface area is 107 Å². The zero-order valence-electron chi connectivity index (χ0n) is 9.33. The zero-order valence-corrected chi connectivity index (χ0v) is 9.33. The van der Waals surface area contributed by atoms with Gasteiger partial charge in [-0.1, -0.05) is 0 Å². The molecule has 108 valence electrons. The van der Waals surface area contributed by atoms with E-state index in [2.05, 4.69) is 0 Å². The Morgan fingerprint density at radius 2 is 0.600 bits per heavy atom. The van der Waals surface area contributed by atoms with Gasteiger partial charge < -0.3 is 0 Å². The van der Waals surface area contributed by atoms with E-state index >= 15 is 0 Å². The van der Waals surface area contributed by atoms with E-state index < -0.39 is 46.5 Å². The van der Waals surface area contributed by atoms with Crippen LogP contribution in [0.1, 0.15) is 0 Å². The van der Waals surface area contributed by atoms with E-state index in [1.807, 2.05) is 0 Å². The van der Waals surface area contributed by atoms with Gasteiger partial charge in [0.1, 0.15) is 11.6 Å². The molecule has 0 aliphatic carbocycles. The van der Waals surface area contributed by atoms with Gasteiger partial charge in [-0.2, -0.15) is 0 Å². The van der Waals surface area contributed by atoms with Crippen LogP contribution in [0.25, 0.3) is 0 Å². The minimum absolute atomic E-state index is 0.276. The van der Waals surface area contributed by atoms with Crippen LogP contribution in [0.3, 0.4) is 0 Å². The highest BCUT2D eigenvalue weighted by Gasteiger charge is 2.10. The first-order valence-corrected chi connectivity index (χ1v) is 4.82. The van der Waals surface area contributed by atoms with Gasteiger partial charge in [-0.25, -0.2) is 35.1 Å². The summed E-state index contributed by atoms with van der Waals surface area (Å²) in [4.78, 5) is 0. The molecule has 8 heteroatoms. The van der Waals surface area contributed by atoms with Gasteiger partial charge in [0, 0.05) is 24.3 Å². The predicted molar refractivity (Wildman–Crippen MR) is 52.5 cm³/mol. The molecular weight excluding hydrogens is 296 g/mol. The summed E-state index contributed by atoms with van der Waals surface area (Å²) in [5.41, 5.74) is 0. The maximum Gasteiger partial charge on any atom is 0.194 e. The molecular formula is C12H4F8. The van der Waals surface area contributed by atoms with Crippen LogP contribution < -0.4 is 0 Å². The minimum atomic E-state index is -1.65. The van der Waals surface area contributed by atoms with Gasteiger partial charge in [-0.3, -0.25) is 0 Å². The lowest BCUT2D eigenvalue weighted by Gasteiger charge is -1.92. The fourth-order valence-electron chi connectivity index (χ4n) is 1.05. The third-order valence-corrected chi connectivity index (χ3v) is 1.90. The smallest absolute Gasteiger partial charge is 0.194 e. The molecule has 2 aromatic rings. The van der Waals surface area contributed by atoms with Crippen molar-refractivity contribution in [1.82, 2.24) is 0 Å². The van der Waals surface area contributed by atoms with Gasteiger partial charge >= 0.3 is 0 Å². The second kappa shape index (κ2) is 6.36. The van der Waals surface area contributed by atoms with Crippen LogP contribution in [-0.4, -0.2) is 0 Å². The second-order valence-electron chi connectivity index (χ2n) is 3.37. The number of rotatable bonds is 0. The second-order valence-corrected chi connectivity index (χ2v) is 3.37. The highest BCUT2D eigenvalue weighted by Crippen LogP contribution is 2.12. The molecule has 2 aromatic carbocycles. The summed E-state index contributed by atoms with van der Waals surface area (Å²) < 4.78 is 95.9. The van der Waals surface area contributed by atoms with Crippen molar-refractivity contribution >= 4 is 0 Å². The Morgan fingerprint density at radius 3 is 0.800 bits per heavy atom. The fourth-order valence-corrected chi connectivity index (χ4v) is 1.05. The third kappa shape index (κ3) is 3.94. The van der Waals surface area contributed by atoms with Crippen molar-refractivity contribution in [3.63, 3.8) is 0 Å². The van der Waals surface area contributed by atoms with Gasteiger partial charge in [-0.05, 0) is 0 Å². The van der Waals surface area contributed by atoms with E-state index in [-0.39, 0.29) is 24.3 Å². The van der Waals surface area contributed by atoms with Gasteiger partial charge in [0.15, 0.2) is 34.9 Å². The van der Waals surface area contributed by atoms with Crippen LogP contribution in [0.5, 0.6) is 0 Å². The fraction of sp³-hybridized carbons (Fsp3) is 0. The van der Waals surface area contributed by atoms with Crippen molar-refractivity contribution in [1.29, 1.82) is 0 Å². The van der Waals surface area contributed by atoms with Gasteiger partial charge in [0.2, 0.25) is 0 Å². The zero-order chi connectivity index (χ0) is 15.4. The summed E-state index contributed by atoms with van der Waals surface area (Å²) in [6.07, 6.45) is 0. The molecule has 0 unspecified atom stereocenters. The summed E-state index contributed by atoms with van der Waals surface area (Å²) in [5.74, 6) is -11.6. The maximum absolute atomic E-state index is 12.0.